The quantitative estimate of drug-likeness (QED) is 0.317. The summed E-state index contributed by atoms with van der Waals surface area (Å²) in [6.45, 7) is 0.856. The second kappa shape index (κ2) is 10.1. The highest BCUT2D eigenvalue weighted by Gasteiger charge is 2.08. The fourth-order valence-corrected chi connectivity index (χ4v) is 2.23. The number of hydrogen-bond acceptors (Lipinski definition) is 5. The lowest BCUT2D eigenvalue weighted by Crippen LogP contribution is -2.33. The Hall–Kier alpha value is -2.20. The minimum Gasteiger partial charge on any atom is -0.370 e. The third kappa shape index (κ3) is 5.95. The van der Waals surface area contributed by atoms with E-state index < -0.39 is 0 Å². The van der Waals surface area contributed by atoms with E-state index in [0.717, 1.165) is 17.7 Å². The molecule has 0 aliphatic heterocycles. The average molecular weight is 485 g/mol. The number of nitrogens with two attached hydrogens (primary N) is 1. The first-order valence-electron chi connectivity index (χ1n) is 7.73. The molecular formula is C17H18ClIN6O. The van der Waals surface area contributed by atoms with Gasteiger partial charge >= 0.3 is 0 Å². The fraction of sp³-hybridized carbons (Fsp3) is 0.176. The maximum Gasteiger partial charge on any atom is 0.248 e. The van der Waals surface area contributed by atoms with Gasteiger partial charge in [0.1, 0.15) is 6.54 Å². The molecule has 0 fully saturated rings. The normalized spacial score (nSPS) is 11.0. The third-order valence-corrected chi connectivity index (χ3v) is 3.62. The van der Waals surface area contributed by atoms with Crippen LogP contribution in [0.1, 0.15) is 11.6 Å². The molecule has 0 spiro atoms. The van der Waals surface area contributed by atoms with Gasteiger partial charge in [0.05, 0.1) is 0 Å². The molecule has 3 aromatic rings. The van der Waals surface area contributed by atoms with Crippen molar-refractivity contribution >= 4 is 41.5 Å². The first-order valence-corrected chi connectivity index (χ1v) is 8.11. The van der Waals surface area contributed by atoms with Crippen molar-refractivity contribution in [3.05, 3.63) is 65.3 Å². The monoisotopic (exact) mass is 484 g/mol. The summed E-state index contributed by atoms with van der Waals surface area (Å²) < 4.78 is 5.18. The fourth-order valence-electron chi connectivity index (χ4n) is 2.11. The van der Waals surface area contributed by atoms with Crippen LogP contribution in [0.3, 0.4) is 0 Å². The number of nitrogens with zero attached hydrogens (tertiary/aromatic N) is 4. The van der Waals surface area contributed by atoms with Crippen LogP contribution in [0.5, 0.6) is 0 Å². The minimum atomic E-state index is 0. The second-order valence-electron chi connectivity index (χ2n) is 5.22. The molecule has 3 N–H and O–H groups in total. The van der Waals surface area contributed by atoms with Crippen molar-refractivity contribution in [2.75, 3.05) is 6.54 Å². The van der Waals surface area contributed by atoms with E-state index in [1.807, 2.05) is 30.3 Å². The lowest BCUT2D eigenvalue weighted by Gasteiger charge is -2.04. The Labute approximate surface area is 173 Å². The molecular weight excluding hydrogens is 467 g/mol. The summed E-state index contributed by atoms with van der Waals surface area (Å²) in [7, 11) is 0. The Morgan fingerprint density at radius 3 is 2.73 bits per heavy atom. The topological polar surface area (TPSA) is 102 Å². The molecule has 9 heteroatoms. The molecule has 0 aliphatic rings. The first-order chi connectivity index (χ1) is 12.2. The van der Waals surface area contributed by atoms with Gasteiger partial charge in [0.15, 0.2) is 5.96 Å². The van der Waals surface area contributed by atoms with E-state index in [1.54, 1.807) is 18.3 Å². The lowest BCUT2D eigenvalue weighted by molar-refractivity contribution is 0.381. The molecule has 0 bridgehead atoms. The lowest BCUT2D eigenvalue weighted by atomic mass is 10.2. The average Bonchev–Trinajstić information content (AvgIpc) is 3.10. The SMILES string of the molecule is I.NC(=NCc1nc(-c2ccc(Cl)cc2)no1)NCCc1ccccn1. The van der Waals surface area contributed by atoms with E-state index in [2.05, 4.69) is 25.4 Å². The maximum absolute atomic E-state index is 5.86. The number of pyridine rings is 1. The number of hydrogen-bond donors (Lipinski definition) is 2. The third-order valence-electron chi connectivity index (χ3n) is 3.37. The molecule has 0 aliphatic carbocycles. The summed E-state index contributed by atoms with van der Waals surface area (Å²) in [5, 5.41) is 7.61. The summed E-state index contributed by atoms with van der Waals surface area (Å²) >= 11 is 5.86. The highest BCUT2D eigenvalue weighted by molar-refractivity contribution is 14.0. The Kier molecular flexibility index (Phi) is 7.79. The van der Waals surface area contributed by atoms with E-state index in [0.29, 0.717) is 29.2 Å². The number of guanidine groups is 1. The van der Waals surface area contributed by atoms with Gasteiger partial charge in [-0.1, -0.05) is 22.8 Å². The van der Waals surface area contributed by atoms with Crippen LogP contribution in [0, 0.1) is 0 Å². The molecule has 0 unspecified atom stereocenters. The van der Waals surface area contributed by atoms with E-state index >= 15 is 0 Å². The summed E-state index contributed by atoms with van der Waals surface area (Å²) in [5.41, 5.74) is 7.65. The van der Waals surface area contributed by atoms with Gasteiger partial charge in [0.25, 0.3) is 0 Å². The van der Waals surface area contributed by atoms with Crippen molar-refractivity contribution in [3.8, 4) is 11.4 Å². The number of rotatable bonds is 6. The zero-order valence-corrected chi connectivity index (χ0v) is 16.9. The van der Waals surface area contributed by atoms with Gasteiger partial charge in [-0.05, 0) is 36.4 Å². The van der Waals surface area contributed by atoms with Gasteiger partial charge in [-0.2, -0.15) is 4.98 Å². The molecule has 0 amide bonds. The highest BCUT2D eigenvalue weighted by Crippen LogP contribution is 2.18. The molecule has 1 aromatic carbocycles. The smallest absolute Gasteiger partial charge is 0.248 e. The zero-order valence-electron chi connectivity index (χ0n) is 13.8. The Morgan fingerprint density at radius 2 is 2.00 bits per heavy atom. The van der Waals surface area contributed by atoms with Crippen molar-refractivity contribution in [3.63, 3.8) is 0 Å². The highest BCUT2D eigenvalue weighted by atomic mass is 127. The largest absolute Gasteiger partial charge is 0.370 e. The number of benzene rings is 1. The summed E-state index contributed by atoms with van der Waals surface area (Å²) in [4.78, 5) is 12.7. The van der Waals surface area contributed by atoms with Gasteiger partial charge in [-0.25, -0.2) is 4.99 Å². The van der Waals surface area contributed by atoms with Crippen LogP contribution >= 0.6 is 35.6 Å². The number of aliphatic imine (C=N–C) groups is 1. The molecule has 0 radical (unpaired) electrons. The van der Waals surface area contributed by atoms with Gasteiger partial charge in [0.2, 0.25) is 11.7 Å². The van der Waals surface area contributed by atoms with E-state index in [4.69, 9.17) is 21.9 Å². The first kappa shape index (κ1) is 20.1. The Bertz CT molecular complexity index is 838. The summed E-state index contributed by atoms with van der Waals surface area (Å²) in [5.74, 6) is 1.20. The van der Waals surface area contributed by atoms with Gasteiger partial charge < -0.3 is 15.6 Å². The number of nitrogens with one attached hydrogen (secondary N) is 1. The van der Waals surface area contributed by atoms with E-state index in [-0.39, 0.29) is 30.5 Å². The van der Waals surface area contributed by atoms with Crippen molar-refractivity contribution in [2.24, 2.45) is 10.7 Å². The van der Waals surface area contributed by atoms with E-state index in [1.165, 1.54) is 0 Å². The van der Waals surface area contributed by atoms with Crippen LogP contribution in [-0.2, 0) is 13.0 Å². The number of halogens is 2. The van der Waals surface area contributed by atoms with Crippen molar-refractivity contribution in [1.29, 1.82) is 0 Å². The van der Waals surface area contributed by atoms with Crippen LogP contribution in [0.25, 0.3) is 11.4 Å². The maximum atomic E-state index is 5.86. The standard InChI is InChI=1S/C17H17ClN6O.HI/c18-13-6-4-12(5-7-13)16-23-15(25-24-16)11-22-17(19)21-10-8-14-3-1-2-9-20-14;/h1-7,9H,8,10-11H2,(H3,19,21,22);1H. The molecule has 0 saturated heterocycles. The molecule has 2 heterocycles. The van der Waals surface area contributed by atoms with Crippen molar-refractivity contribution < 1.29 is 4.52 Å². The Morgan fingerprint density at radius 1 is 1.19 bits per heavy atom. The van der Waals surface area contributed by atoms with Crippen molar-refractivity contribution in [2.45, 2.75) is 13.0 Å². The van der Waals surface area contributed by atoms with Crippen LogP contribution in [-0.4, -0.2) is 27.6 Å². The molecule has 3 rings (SSSR count). The number of aromatic nitrogens is 3. The van der Waals surface area contributed by atoms with Crippen molar-refractivity contribution in [1.82, 2.24) is 20.4 Å². The molecule has 0 atom stereocenters. The molecule has 136 valence electrons. The van der Waals surface area contributed by atoms with Crippen LogP contribution in [0.15, 0.2) is 58.2 Å². The van der Waals surface area contributed by atoms with Crippen LogP contribution in [0.2, 0.25) is 5.02 Å². The van der Waals surface area contributed by atoms with Crippen LogP contribution < -0.4 is 11.1 Å². The van der Waals surface area contributed by atoms with Gasteiger partial charge in [-0.15, -0.1) is 24.0 Å². The predicted octanol–water partition coefficient (Wildman–Crippen LogP) is 3.05. The minimum absolute atomic E-state index is 0. The van der Waals surface area contributed by atoms with Gasteiger partial charge in [-0.3, -0.25) is 4.98 Å². The molecule has 0 saturated carbocycles. The zero-order chi connectivity index (χ0) is 17.5. The summed E-state index contributed by atoms with van der Waals surface area (Å²) in [6, 6.07) is 13.0. The summed E-state index contributed by atoms with van der Waals surface area (Å²) in [6.07, 6.45) is 2.53. The van der Waals surface area contributed by atoms with E-state index in [9.17, 15) is 0 Å². The molecule has 2 aromatic heterocycles. The predicted molar refractivity (Wildman–Crippen MR) is 111 cm³/mol. The molecule has 7 nitrogen and oxygen atoms in total. The van der Waals surface area contributed by atoms with Gasteiger partial charge in [0, 0.05) is 35.4 Å². The molecule has 26 heavy (non-hydrogen) atoms. The Balaban J connectivity index is 0.00000243. The van der Waals surface area contributed by atoms with Crippen LogP contribution in [0.4, 0.5) is 0 Å². The second-order valence-corrected chi connectivity index (χ2v) is 5.65.